The summed E-state index contributed by atoms with van der Waals surface area (Å²) < 4.78 is 34.8. The van der Waals surface area contributed by atoms with Gasteiger partial charge in [-0.3, -0.25) is 4.55 Å². The van der Waals surface area contributed by atoms with Crippen LogP contribution in [0.2, 0.25) is 0 Å². The summed E-state index contributed by atoms with van der Waals surface area (Å²) in [5.74, 6) is 0.283. The van der Waals surface area contributed by atoms with E-state index in [4.69, 9.17) is 9.29 Å². The van der Waals surface area contributed by atoms with Gasteiger partial charge in [0.1, 0.15) is 0 Å². The Morgan fingerprint density at radius 2 is 1.87 bits per heavy atom. The third kappa shape index (κ3) is 4.75. The first-order valence-corrected chi connectivity index (χ1v) is 11.0. The van der Waals surface area contributed by atoms with E-state index in [-0.39, 0.29) is 22.9 Å². The number of nitrogens with zero attached hydrogens (tertiary/aromatic N) is 1. The molecule has 4 rings (SSSR count). The van der Waals surface area contributed by atoms with E-state index in [2.05, 4.69) is 5.32 Å². The predicted molar refractivity (Wildman–Crippen MR) is 112 cm³/mol. The van der Waals surface area contributed by atoms with E-state index in [0.717, 1.165) is 23.2 Å². The van der Waals surface area contributed by atoms with Gasteiger partial charge in [-0.1, -0.05) is 35.9 Å². The third-order valence-corrected chi connectivity index (χ3v) is 6.36. The largest absolute Gasteiger partial charge is 0.465 e. The number of rotatable bonds is 3. The number of para-hydroxylation sites is 1. The summed E-state index contributed by atoms with van der Waals surface area (Å²) in [6.45, 7) is 3.04. The van der Waals surface area contributed by atoms with Gasteiger partial charge in [-0.2, -0.15) is 8.42 Å². The molecule has 3 N–H and O–H groups in total. The molecule has 2 heterocycles. The Hall–Kier alpha value is -2.62. The van der Waals surface area contributed by atoms with Gasteiger partial charge in [-0.05, 0) is 37.1 Å². The number of methoxy groups -OCH3 is 1. The van der Waals surface area contributed by atoms with E-state index in [1.807, 2.05) is 31.2 Å². The highest BCUT2D eigenvalue weighted by molar-refractivity contribution is 7.85. The minimum atomic E-state index is -4.02. The van der Waals surface area contributed by atoms with Gasteiger partial charge in [-0.15, -0.1) is 0 Å². The number of amides is 1. The third-order valence-electron chi connectivity index (χ3n) is 5.49. The van der Waals surface area contributed by atoms with E-state index < -0.39 is 16.2 Å². The first kappa shape index (κ1) is 22.1. The lowest BCUT2D eigenvalue weighted by molar-refractivity contribution is 0.119. The Morgan fingerprint density at radius 1 is 1.20 bits per heavy atom. The standard InChI is InChI=1S/C14H18N2O3.C7H8O3S/c1-19-8-12-10-6-7-16(14(17)18)13(10)9-4-2-3-5-11(9)15-12;1-6-2-4-7(5-3-6)11(8,9)10/h2-5,10,12-13,15H,6-8H2,1H3,(H,17,18);2-5H,1H3,(H,8,9,10). The fraction of sp³-hybridized carbons (Fsp3) is 0.381. The first-order chi connectivity index (χ1) is 14.2. The summed E-state index contributed by atoms with van der Waals surface area (Å²) in [5.41, 5.74) is 3.07. The lowest BCUT2D eigenvalue weighted by Crippen LogP contribution is -2.42. The highest BCUT2D eigenvalue weighted by atomic mass is 32.2. The van der Waals surface area contributed by atoms with Crippen LogP contribution in [0.15, 0.2) is 53.4 Å². The number of nitrogens with one attached hydrogen (secondary N) is 1. The SMILES string of the molecule is COCC1Nc2ccccc2C2C1CCN2C(=O)O.Cc1ccc(S(=O)(=O)O)cc1. The molecule has 2 aliphatic heterocycles. The molecule has 1 saturated heterocycles. The van der Waals surface area contributed by atoms with E-state index in [9.17, 15) is 18.3 Å². The molecule has 3 atom stereocenters. The summed E-state index contributed by atoms with van der Waals surface area (Å²) in [6.07, 6.45) is 0.0483. The highest BCUT2D eigenvalue weighted by Crippen LogP contribution is 2.46. The fourth-order valence-electron chi connectivity index (χ4n) is 4.10. The van der Waals surface area contributed by atoms with Crippen molar-refractivity contribution in [1.82, 2.24) is 4.90 Å². The van der Waals surface area contributed by atoms with E-state index in [1.165, 1.54) is 12.1 Å². The van der Waals surface area contributed by atoms with Gasteiger partial charge in [0.25, 0.3) is 10.1 Å². The molecular formula is C21H26N2O6S. The van der Waals surface area contributed by atoms with Crippen LogP contribution in [0.4, 0.5) is 10.5 Å². The second-order valence-corrected chi connectivity index (χ2v) is 8.88. The molecule has 0 aromatic heterocycles. The average Bonchev–Trinajstić information content (AvgIpc) is 3.15. The Bertz CT molecular complexity index is 993. The van der Waals surface area contributed by atoms with Crippen molar-refractivity contribution in [2.75, 3.05) is 25.6 Å². The number of carbonyl (C=O) groups is 1. The maximum Gasteiger partial charge on any atom is 0.407 e. The van der Waals surface area contributed by atoms with Crippen LogP contribution in [-0.4, -0.2) is 55.4 Å². The lowest BCUT2D eigenvalue weighted by atomic mass is 9.83. The average molecular weight is 435 g/mol. The van der Waals surface area contributed by atoms with Gasteiger partial charge in [0.15, 0.2) is 0 Å². The number of anilines is 1. The van der Waals surface area contributed by atoms with Crippen LogP contribution in [0.1, 0.15) is 23.6 Å². The second-order valence-electron chi connectivity index (χ2n) is 7.45. The predicted octanol–water partition coefficient (Wildman–Crippen LogP) is 3.41. The number of fused-ring (bicyclic) bond motifs is 3. The van der Waals surface area contributed by atoms with E-state index in [1.54, 1.807) is 24.1 Å². The minimum absolute atomic E-state index is 0.0462. The molecule has 8 nitrogen and oxygen atoms in total. The smallest absolute Gasteiger partial charge is 0.407 e. The zero-order valence-electron chi connectivity index (χ0n) is 16.9. The number of benzene rings is 2. The fourth-order valence-corrected chi connectivity index (χ4v) is 4.58. The van der Waals surface area contributed by atoms with Crippen molar-refractivity contribution in [3.05, 3.63) is 59.7 Å². The topological polar surface area (TPSA) is 116 Å². The molecule has 2 aliphatic rings. The number of ether oxygens (including phenoxy) is 1. The quantitative estimate of drug-likeness (QED) is 0.634. The molecule has 0 aliphatic carbocycles. The van der Waals surface area contributed by atoms with Gasteiger partial charge >= 0.3 is 6.09 Å². The van der Waals surface area contributed by atoms with Crippen molar-refractivity contribution in [3.63, 3.8) is 0 Å². The summed E-state index contributed by atoms with van der Waals surface area (Å²) in [5, 5.41) is 12.9. The van der Waals surface area contributed by atoms with Gasteiger partial charge < -0.3 is 20.1 Å². The lowest BCUT2D eigenvalue weighted by Gasteiger charge is -2.38. The normalized spacial score (nSPS) is 22.2. The molecule has 2 aromatic rings. The van der Waals surface area contributed by atoms with Crippen LogP contribution in [0.3, 0.4) is 0 Å². The zero-order chi connectivity index (χ0) is 21.9. The molecule has 0 saturated carbocycles. The van der Waals surface area contributed by atoms with Crippen LogP contribution in [0.5, 0.6) is 0 Å². The second kappa shape index (κ2) is 9.03. The van der Waals surface area contributed by atoms with E-state index in [0.29, 0.717) is 13.2 Å². The van der Waals surface area contributed by atoms with Crippen molar-refractivity contribution >= 4 is 21.9 Å². The van der Waals surface area contributed by atoms with Crippen LogP contribution in [-0.2, 0) is 14.9 Å². The number of hydrogen-bond donors (Lipinski definition) is 3. The monoisotopic (exact) mass is 434 g/mol. The van der Waals surface area contributed by atoms with Gasteiger partial charge in [0, 0.05) is 25.3 Å². The minimum Gasteiger partial charge on any atom is -0.465 e. The van der Waals surface area contributed by atoms with Crippen molar-refractivity contribution in [2.24, 2.45) is 5.92 Å². The molecule has 2 aromatic carbocycles. The van der Waals surface area contributed by atoms with Crippen LogP contribution in [0.25, 0.3) is 0 Å². The maximum atomic E-state index is 11.4. The van der Waals surface area contributed by atoms with Gasteiger partial charge in [0.05, 0.1) is 23.6 Å². The Balaban J connectivity index is 0.000000199. The molecule has 9 heteroatoms. The number of aryl methyl sites for hydroxylation is 1. The zero-order valence-corrected chi connectivity index (χ0v) is 17.7. The molecule has 0 bridgehead atoms. The number of likely N-dealkylation sites (tertiary alicyclic amines) is 1. The summed E-state index contributed by atoms with van der Waals surface area (Å²) in [7, 11) is -2.34. The molecule has 30 heavy (non-hydrogen) atoms. The van der Waals surface area contributed by atoms with E-state index >= 15 is 0 Å². The highest BCUT2D eigenvalue weighted by Gasteiger charge is 2.45. The molecule has 3 unspecified atom stereocenters. The molecular weight excluding hydrogens is 408 g/mol. The van der Waals surface area contributed by atoms with Crippen LogP contribution in [0, 0.1) is 12.8 Å². The molecule has 1 amide bonds. The first-order valence-electron chi connectivity index (χ1n) is 9.60. The van der Waals surface area contributed by atoms with Crippen molar-refractivity contribution in [3.8, 4) is 0 Å². The Labute approximate surface area is 176 Å². The van der Waals surface area contributed by atoms with Gasteiger partial charge in [0.2, 0.25) is 0 Å². The van der Waals surface area contributed by atoms with Crippen molar-refractivity contribution in [2.45, 2.75) is 30.3 Å². The van der Waals surface area contributed by atoms with Gasteiger partial charge in [-0.25, -0.2) is 4.79 Å². The molecule has 0 radical (unpaired) electrons. The number of carboxylic acid groups (broad SMARTS) is 1. The molecule has 162 valence electrons. The Morgan fingerprint density at radius 3 is 2.47 bits per heavy atom. The molecule has 0 spiro atoms. The maximum absolute atomic E-state index is 11.4. The molecule has 1 fully saturated rings. The van der Waals surface area contributed by atoms with Crippen molar-refractivity contribution in [1.29, 1.82) is 0 Å². The van der Waals surface area contributed by atoms with Crippen LogP contribution >= 0.6 is 0 Å². The Kier molecular flexibility index (Phi) is 6.64. The van der Waals surface area contributed by atoms with Crippen LogP contribution < -0.4 is 5.32 Å². The summed E-state index contributed by atoms with van der Waals surface area (Å²) >= 11 is 0. The number of hydrogen-bond acceptors (Lipinski definition) is 5. The van der Waals surface area contributed by atoms with Crippen molar-refractivity contribution < 1.29 is 27.6 Å². The summed E-state index contributed by atoms with van der Waals surface area (Å²) in [6, 6.07) is 14.1. The summed E-state index contributed by atoms with van der Waals surface area (Å²) in [4.78, 5) is 12.9.